The average Bonchev–Trinajstić information content (AvgIpc) is 2.71. The van der Waals surface area contributed by atoms with Crippen LogP contribution in [0.4, 0.5) is 13.2 Å². The Bertz CT molecular complexity index is 738. The number of rotatable bonds is 12. The Labute approximate surface area is 174 Å². The second-order valence-corrected chi connectivity index (χ2v) is 7.77. The predicted octanol–water partition coefficient (Wildman–Crippen LogP) is 5.39. The quantitative estimate of drug-likeness (QED) is 0.366. The van der Waals surface area contributed by atoms with Crippen LogP contribution in [0.5, 0.6) is 0 Å². The van der Waals surface area contributed by atoms with Crippen LogP contribution in [0.25, 0.3) is 0 Å². The maximum absolute atomic E-state index is 12.1. The number of halogens is 3. The van der Waals surface area contributed by atoms with Gasteiger partial charge < -0.3 is 10.1 Å². The molecule has 0 unspecified atom stereocenters. The standard InChI is InChI=1S/C22H26F3NO2S/c23-22(24,25)21(27)26-13-7-11-18-10-6-12-20(16-18)29-15-5-4-14-28-17-19-8-2-1-3-9-19/h1-3,6,8-10,12,16H,4-5,7,11,13-15,17H2,(H,26,27). The Kier molecular flexibility index (Phi) is 10.1. The molecule has 3 nitrogen and oxygen atoms in total. The summed E-state index contributed by atoms with van der Waals surface area (Å²) in [4.78, 5) is 11.9. The minimum atomic E-state index is -4.82. The summed E-state index contributed by atoms with van der Waals surface area (Å²) in [5.41, 5.74) is 2.24. The van der Waals surface area contributed by atoms with Crippen LogP contribution in [-0.2, 0) is 22.6 Å². The summed E-state index contributed by atoms with van der Waals surface area (Å²) in [6, 6.07) is 18.1. The molecule has 0 saturated heterocycles. The largest absolute Gasteiger partial charge is 0.471 e. The number of carbonyl (C=O) groups is 1. The molecule has 158 valence electrons. The molecule has 2 aromatic rings. The highest BCUT2D eigenvalue weighted by Gasteiger charge is 2.38. The third-order valence-electron chi connectivity index (χ3n) is 4.15. The van der Waals surface area contributed by atoms with E-state index >= 15 is 0 Å². The Balaban J connectivity index is 1.56. The molecule has 2 aromatic carbocycles. The summed E-state index contributed by atoms with van der Waals surface area (Å²) in [5.74, 6) is -0.894. The van der Waals surface area contributed by atoms with E-state index in [0.717, 1.165) is 35.7 Å². The highest BCUT2D eigenvalue weighted by Crippen LogP contribution is 2.21. The molecule has 0 spiro atoms. The topological polar surface area (TPSA) is 38.3 Å². The SMILES string of the molecule is O=C(NCCCc1cccc(SCCCCOCc2ccccc2)c1)C(F)(F)F. The van der Waals surface area contributed by atoms with E-state index in [2.05, 4.69) is 6.07 Å². The summed E-state index contributed by atoms with van der Waals surface area (Å²) >= 11 is 1.76. The van der Waals surface area contributed by atoms with Crippen LogP contribution in [0.3, 0.4) is 0 Å². The first kappa shape index (κ1) is 23.3. The van der Waals surface area contributed by atoms with E-state index in [0.29, 0.717) is 19.4 Å². The van der Waals surface area contributed by atoms with Crippen molar-refractivity contribution in [2.45, 2.75) is 43.4 Å². The van der Waals surface area contributed by atoms with Gasteiger partial charge in [0.05, 0.1) is 6.61 Å². The number of thioether (sulfide) groups is 1. The van der Waals surface area contributed by atoms with Gasteiger partial charge in [0.25, 0.3) is 0 Å². The Morgan fingerprint density at radius 2 is 1.72 bits per heavy atom. The molecule has 1 amide bonds. The molecule has 1 N–H and O–H groups in total. The third kappa shape index (κ3) is 9.85. The number of amides is 1. The highest BCUT2D eigenvalue weighted by atomic mass is 32.2. The fourth-order valence-electron chi connectivity index (χ4n) is 2.65. The molecule has 0 heterocycles. The van der Waals surface area contributed by atoms with Crippen molar-refractivity contribution in [3.05, 3.63) is 65.7 Å². The number of ether oxygens (including phenoxy) is 1. The van der Waals surface area contributed by atoms with Gasteiger partial charge in [0.1, 0.15) is 0 Å². The molecule has 0 aromatic heterocycles. The molecule has 29 heavy (non-hydrogen) atoms. The number of unbranched alkanes of at least 4 members (excludes halogenated alkanes) is 1. The Hall–Kier alpha value is -1.99. The number of alkyl halides is 3. The Morgan fingerprint density at radius 3 is 2.48 bits per heavy atom. The predicted molar refractivity (Wildman–Crippen MR) is 110 cm³/mol. The molecule has 0 bridgehead atoms. The van der Waals surface area contributed by atoms with Gasteiger partial charge in [-0.3, -0.25) is 4.79 Å². The highest BCUT2D eigenvalue weighted by molar-refractivity contribution is 7.99. The molecular formula is C22H26F3NO2S. The van der Waals surface area contributed by atoms with Crippen molar-refractivity contribution in [3.63, 3.8) is 0 Å². The van der Waals surface area contributed by atoms with Gasteiger partial charge in [-0.15, -0.1) is 11.8 Å². The minimum Gasteiger partial charge on any atom is -0.377 e. The van der Waals surface area contributed by atoms with Crippen LogP contribution in [-0.4, -0.2) is 31.0 Å². The molecule has 0 fully saturated rings. The van der Waals surface area contributed by atoms with Crippen LogP contribution < -0.4 is 5.32 Å². The van der Waals surface area contributed by atoms with Gasteiger partial charge in [-0.25, -0.2) is 0 Å². The summed E-state index contributed by atoms with van der Waals surface area (Å²) in [5, 5.41) is 1.90. The second kappa shape index (κ2) is 12.5. The number of hydrogen-bond acceptors (Lipinski definition) is 3. The average molecular weight is 426 g/mol. The summed E-state index contributed by atoms with van der Waals surface area (Å²) < 4.78 is 42.0. The molecule has 0 aliphatic heterocycles. The lowest BCUT2D eigenvalue weighted by molar-refractivity contribution is -0.173. The molecular weight excluding hydrogens is 399 g/mol. The fraction of sp³-hybridized carbons (Fsp3) is 0.409. The molecule has 0 saturated carbocycles. The van der Waals surface area contributed by atoms with E-state index < -0.39 is 12.1 Å². The maximum atomic E-state index is 12.1. The van der Waals surface area contributed by atoms with Crippen LogP contribution in [0.15, 0.2) is 59.5 Å². The van der Waals surface area contributed by atoms with E-state index in [1.165, 1.54) is 5.56 Å². The lowest BCUT2D eigenvalue weighted by atomic mass is 10.1. The minimum absolute atomic E-state index is 0.0126. The van der Waals surface area contributed by atoms with Gasteiger partial charge in [0, 0.05) is 18.0 Å². The van der Waals surface area contributed by atoms with Crippen molar-refractivity contribution in [2.75, 3.05) is 18.9 Å². The van der Waals surface area contributed by atoms with Gasteiger partial charge in [-0.1, -0.05) is 42.5 Å². The normalized spacial score (nSPS) is 11.4. The van der Waals surface area contributed by atoms with Crippen LogP contribution in [0.2, 0.25) is 0 Å². The van der Waals surface area contributed by atoms with Crippen LogP contribution in [0, 0.1) is 0 Å². The summed E-state index contributed by atoms with van der Waals surface area (Å²) in [7, 11) is 0. The van der Waals surface area contributed by atoms with Crippen molar-refractivity contribution in [1.29, 1.82) is 0 Å². The Morgan fingerprint density at radius 1 is 0.966 bits per heavy atom. The smallest absolute Gasteiger partial charge is 0.377 e. The molecule has 0 aliphatic carbocycles. The summed E-state index contributed by atoms with van der Waals surface area (Å²) in [6.45, 7) is 1.39. The third-order valence-corrected chi connectivity index (χ3v) is 5.23. The molecule has 0 aliphatic rings. The summed E-state index contributed by atoms with van der Waals surface area (Å²) in [6.07, 6.45) is -1.68. The first-order valence-electron chi connectivity index (χ1n) is 9.63. The van der Waals surface area contributed by atoms with Crippen molar-refractivity contribution in [3.8, 4) is 0 Å². The zero-order valence-corrected chi connectivity index (χ0v) is 17.0. The lowest BCUT2D eigenvalue weighted by Gasteiger charge is -2.08. The van der Waals surface area contributed by atoms with Gasteiger partial charge in [0.2, 0.25) is 0 Å². The number of hydrogen-bond donors (Lipinski definition) is 1. The van der Waals surface area contributed by atoms with Gasteiger partial charge >= 0.3 is 12.1 Å². The van der Waals surface area contributed by atoms with E-state index in [4.69, 9.17) is 4.74 Å². The maximum Gasteiger partial charge on any atom is 0.471 e. The monoisotopic (exact) mass is 425 g/mol. The first-order valence-corrected chi connectivity index (χ1v) is 10.6. The second-order valence-electron chi connectivity index (χ2n) is 6.60. The first-order chi connectivity index (χ1) is 13.9. The molecule has 2 rings (SSSR count). The number of carbonyl (C=O) groups excluding carboxylic acids is 1. The number of nitrogens with one attached hydrogen (secondary N) is 1. The lowest BCUT2D eigenvalue weighted by Crippen LogP contribution is -2.37. The zero-order chi connectivity index (χ0) is 21.0. The van der Waals surface area contributed by atoms with Crippen LogP contribution >= 0.6 is 11.8 Å². The van der Waals surface area contributed by atoms with E-state index in [9.17, 15) is 18.0 Å². The van der Waals surface area contributed by atoms with Gasteiger partial charge in [-0.2, -0.15) is 13.2 Å². The molecule has 0 atom stereocenters. The van der Waals surface area contributed by atoms with Crippen molar-refractivity contribution >= 4 is 17.7 Å². The number of aryl methyl sites for hydroxylation is 1. The van der Waals surface area contributed by atoms with Gasteiger partial charge in [0.15, 0.2) is 0 Å². The van der Waals surface area contributed by atoms with Crippen molar-refractivity contribution < 1.29 is 22.7 Å². The number of benzene rings is 2. The van der Waals surface area contributed by atoms with Crippen molar-refractivity contribution in [2.24, 2.45) is 0 Å². The fourth-order valence-corrected chi connectivity index (χ4v) is 3.64. The van der Waals surface area contributed by atoms with E-state index in [1.54, 1.807) is 11.8 Å². The molecule has 7 heteroatoms. The van der Waals surface area contributed by atoms with E-state index in [-0.39, 0.29) is 6.54 Å². The molecule has 0 radical (unpaired) electrons. The van der Waals surface area contributed by atoms with Crippen LogP contribution in [0.1, 0.15) is 30.4 Å². The van der Waals surface area contributed by atoms with Crippen molar-refractivity contribution in [1.82, 2.24) is 5.32 Å². The van der Waals surface area contributed by atoms with Gasteiger partial charge in [-0.05, 0) is 54.7 Å². The zero-order valence-electron chi connectivity index (χ0n) is 16.2. The van der Waals surface area contributed by atoms with E-state index in [1.807, 2.05) is 53.8 Å².